The first kappa shape index (κ1) is 11.5. The van der Waals surface area contributed by atoms with Gasteiger partial charge in [0.25, 0.3) is 0 Å². The van der Waals surface area contributed by atoms with Gasteiger partial charge in [-0.2, -0.15) is 0 Å². The molecule has 0 aromatic carbocycles. The predicted molar refractivity (Wildman–Crippen MR) is 68.8 cm³/mol. The third-order valence-corrected chi connectivity index (χ3v) is 2.66. The van der Waals surface area contributed by atoms with Gasteiger partial charge in [0, 0.05) is 24.4 Å². The second kappa shape index (κ2) is 5.34. The number of aryl methyl sites for hydroxylation is 1. The maximum Gasteiger partial charge on any atom is 0.152 e. The summed E-state index contributed by atoms with van der Waals surface area (Å²) < 4.78 is 0. The van der Waals surface area contributed by atoms with E-state index in [1.165, 1.54) is 0 Å². The number of aromatic nitrogens is 1. The van der Waals surface area contributed by atoms with E-state index >= 15 is 0 Å². The van der Waals surface area contributed by atoms with E-state index in [1.807, 2.05) is 24.3 Å². The summed E-state index contributed by atoms with van der Waals surface area (Å²) in [6, 6.07) is 3.92. The van der Waals surface area contributed by atoms with Gasteiger partial charge in [-0.3, -0.25) is 14.8 Å². The van der Waals surface area contributed by atoms with E-state index in [1.54, 1.807) is 12.4 Å². The average molecular weight is 226 g/mol. The Labute approximate surface area is 101 Å². The lowest BCUT2D eigenvalue weighted by Gasteiger charge is -2.07. The summed E-state index contributed by atoms with van der Waals surface area (Å²) in [5, 5.41) is 0. The largest absolute Gasteiger partial charge is 0.298 e. The second-order valence-electron chi connectivity index (χ2n) is 3.74. The average Bonchev–Trinajstić information content (AvgIpc) is 2.63. The summed E-state index contributed by atoms with van der Waals surface area (Å²) in [7, 11) is 0. The first-order valence-corrected chi connectivity index (χ1v) is 5.69. The van der Waals surface area contributed by atoms with Crippen molar-refractivity contribution in [2.45, 2.75) is 19.8 Å². The Bertz CT molecular complexity index is 513. The summed E-state index contributed by atoms with van der Waals surface area (Å²) in [5.41, 5.74) is 3.17. The molecule has 17 heavy (non-hydrogen) atoms. The molecule has 0 amide bonds. The fraction of sp³-hybridized carbons (Fsp3) is 0.214. The van der Waals surface area contributed by atoms with Gasteiger partial charge in [-0.15, -0.1) is 0 Å². The summed E-state index contributed by atoms with van der Waals surface area (Å²) in [6.07, 6.45) is 9.72. The monoisotopic (exact) mass is 226 g/mol. The number of aliphatic imine (C=N–C) groups is 1. The minimum atomic E-state index is 0.590. The standard InChI is InChI=1S/C14H14N2O/c1-2-11-7-5-9-16-13(11)14-12(10-17)6-3-4-8-15-14/h3,5-10H,2,4H2,1H3. The van der Waals surface area contributed by atoms with E-state index in [-0.39, 0.29) is 0 Å². The Balaban J connectivity index is 2.60. The smallest absolute Gasteiger partial charge is 0.152 e. The van der Waals surface area contributed by atoms with Crippen LogP contribution in [0.25, 0.3) is 5.70 Å². The number of aldehydes is 1. The molecule has 1 aliphatic heterocycles. The van der Waals surface area contributed by atoms with Crippen molar-refractivity contribution >= 4 is 18.2 Å². The summed E-state index contributed by atoms with van der Waals surface area (Å²) >= 11 is 0. The Kier molecular flexibility index (Phi) is 3.60. The first-order chi connectivity index (χ1) is 8.36. The van der Waals surface area contributed by atoms with Crippen LogP contribution in [0.15, 0.2) is 41.0 Å². The molecular formula is C14H14N2O. The maximum atomic E-state index is 11.1. The molecule has 0 aliphatic carbocycles. The molecule has 0 spiro atoms. The molecule has 1 aromatic heterocycles. The molecule has 0 N–H and O–H groups in total. The molecule has 0 saturated heterocycles. The van der Waals surface area contributed by atoms with E-state index in [2.05, 4.69) is 16.9 Å². The van der Waals surface area contributed by atoms with Crippen LogP contribution in [0.2, 0.25) is 0 Å². The molecule has 1 aliphatic rings. The molecule has 3 heteroatoms. The number of rotatable bonds is 3. The van der Waals surface area contributed by atoms with Gasteiger partial charge < -0.3 is 0 Å². The zero-order valence-corrected chi connectivity index (χ0v) is 9.76. The fourth-order valence-electron chi connectivity index (χ4n) is 1.78. The van der Waals surface area contributed by atoms with Gasteiger partial charge in [0.2, 0.25) is 0 Å². The van der Waals surface area contributed by atoms with E-state index in [4.69, 9.17) is 0 Å². The van der Waals surface area contributed by atoms with Gasteiger partial charge in [-0.25, -0.2) is 0 Å². The van der Waals surface area contributed by atoms with Crippen molar-refractivity contribution < 1.29 is 4.79 Å². The quantitative estimate of drug-likeness (QED) is 0.743. The van der Waals surface area contributed by atoms with Gasteiger partial charge in [0.15, 0.2) is 6.29 Å². The number of hydrogen-bond acceptors (Lipinski definition) is 3. The molecule has 0 unspecified atom stereocenters. The fourth-order valence-corrected chi connectivity index (χ4v) is 1.78. The van der Waals surface area contributed by atoms with Crippen molar-refractivity contribution in [2.75, 3.05) is 0 Å². The number of nitrogens with zero attached hydrogens (tertiary/aromatic N) is 2. The number of allylic oxidation sites excluding steroid dienone is 3. The highest BCUT2D eigenvalue weighted by atomic mass is 16.1. The molecule has 86 valence electrons. The normalized spacial score (nSPS) is 14.9. The minimum absolute atomic E-state index is 0.590. The predicted octanol–water partition coefficient (Wildman–Crippen LogP) is 2.58. The van der Waals surface area contributed by atoms with E-state index < -0.39 is 0 Å². The van der Waals surface area contributed by atoms with Crippen molar-refractivity contribution in [1.29, 1.82) is 0 Å². The lowest BCUT2D eigenvalue weighted by molar-refractivity contribution is -0.104. The van der Waals surface area contributed by atoms with Crippen LogP contribution in [0, 0.1) is 0 Å². The Morgan fingerprint density at radius 3 is 3.12 bits per heavy atom. The van der Waals surface area contributed by atoms with Crippen molar-refractivity contribution in [2.24, 2.45) is 4.99 Å². The lowest BCUT2D eigenvalue weighted by atomic mass is 10.1. The Morgan fingerprint density at radius 1 is 1.47 bits per heavy atom. The third-order valence-electron chi connectivity index (χ3n) is 2.66. The lowest BCUT2D eigenvalue weighted by Crippen LogP contribution is -1.97. The zero-order chi connectivity index (χ0) is 12.1. The van der Waals surface area contributed by atoms with E-state index in [9.17, 15) is 4.79 Å². The van der Waals surface area contributed by atoms with Crippen LogP contribution < -0.4 is 0 Å². The molecule has 0 fully saturated rings. The molecule has 2 rings (SSSR count). The molecule has 2 heterocycles. The zero-order valence-electron chi connectivity index (χ0n) is 9.76. The highest BCUT2D eigenvalue weighted by Gasteiger charge is 2.11. The summed E-state index contributed by atoms with van der Waals surface area (Å²) in [5.74, 6) is 0. The summed E-state index contributed by atoms with van der Waals surface area (Å²) in [4.78, 5) is 19.8. The van der Waals surface area contributed by atoms with E-state index in [0.717, 1.165) is 30.4 Å². The molecule has 0 saturated carbocycles. The number of carbonyl (C=O) groups is 1. The van der Waals surface area contributed by atoms with E-state index in [0.29, 0.717) is 11.3 Å². The molecule has 1 aromatic rings. The molecule has 0 bridgehead atoms. The van der Waals surface area contributed by atoms with Crippen LogP contribution in [0.1, 0.15) is 24.6 Å². The van der Waals surface area contributed by atoms with Gasteiger partial charge >= 0.3 is 0 Å². The van der Waals surface area contributed by atoms with Crippen LogP contribution in [0.5, 0.6) is 0 Å². The van der Waals surface area contributed by atoms with Gasteiger partial charge in [-0.1, -0.05) is 25.1 Å². The third kappa shape index (κ3) is 2.38. The molecule has 0 radical (unpaired) electrons. The van der Waals surface area contributed by atoms with Crippen LogP contribution in [0.4, 0.5) is 0 Å². The molecule has 3 nitrogen and oxygen atoms in total. The number of pyridine rings is 1. The Hall–Kier alpha value is -2.03. The van der Waals surface area contributed by atoms with Crippen LogP contribution >= 0.6 is 0 Å². The van der Waals surface area contributed by atoms with Crippen LogP contribution in [0.3, 0.4) is 0 Å². The molecular weight excluding hydrogens is 212 g/mol. The SMILES string of the molecule is CCc1cccnc1C1=C(C=O)C=CCC=N1. The Morgan fingerprint density at radius 2 is 2.35 bits per heavy atom. The minimum Gasteiger partial charge on any atom is -0.298 e. The summed E-state index contributed by atoms with van der Waals surface area (Å²) in [6.45, 7) is 2.07. The van der Waals surface area contributed by atoms with Gasteiger partial charge in [-0.05, 0) is 18.1 Å². The van der Waals surface area contributed by atoms with Crippen molar-refractivity contribution in [1.82, 2.24) is 4.98 Å². The van der Waals surface area contributed by atoms with Crippen molar-refractivity contribution in [3.63, 3.8) is 0 Å². The number of carbonyl (C=O) groups excluding carboxylic acids is 1. The highest BCUT2D eigenvalue weighted by molar-refractivity contribution is 5.93. The van der Waals surface area contributed by atoms with Gasteiger partial charge in [0.05, 0.1) is 11.4 Å². The number of hydrogen-bond donors (Lipinski definition) is 0. The van der Waals surface area contributed by atoms with Gasteiger partial charge in [0.1, 0.15) is 0 Å². The first-order valence-electron chi connectivity index (χ1n) is 5.69. The highest BCUT2D eigenvalue weighted by Crippen LogP contribution is 2.23. The van der Waals surface area contributed by atoms with Crippen LogP contribution in [-0.4, -0.2) is 17.5 Å². The topological polar surface area (TPSA) is 42.3 Å². The van der Waals surface area contributed by atoms with Crippen molar-refractivity contribution in [3.8, 4) is 0 Å². The second-order valence-corrected chi connectivity index (χ2v) is 3.74. The van der Waals surface area contributed by atoms with Crippen molar-refractivity contribution in [3.05, 3.63) is 47.3 Å². The van der Waals surface area contributed by atoms with Crippen LogP contribution in [-0.2, 0) is 11.2 Å². The molecule has 0 atom stereocenters. The maximum absolute atomic E-state index is 11.1.